The molecule has 0 radical (unpaired) electrons. The normalized spacial score (nSPS) is 10.9. The third kappa shape index (κ3) is 5.75. The molecule has 29 heavy (non-hydrogen) atoms. The Labute approximate surface area is 176 Å². The maximum Gasteiger partial charge on any atom is 0.180 e. The van der Waals surface area contributed by atoms with Crippen LogP contribution in [0.2, 0.25) is 5.02 Å². The molecule has 0 aromatic heterocycles. The molecule has 3 aromatic carbocycles. The minimum absolute atomic E-state index is 0.413. The number of nitrogens with zero attached hydrogens (tertiary/aromatic N) is 1. The van der Waals surface area contributed by atoms with Gasteiger partial charge in [-0.25, -0.2) is 0 Å². The van der Waals surface area contributed by atoms with Crippen LogP contribution < -0.4 is 14.2 Å². The summed E-state index contributed by atoms with van der Waals surface area (Å²) in [5.74, 6) is 1.91. The van der Waals surface area contributed by atoms with E-state index in [0.717, 1.165) is 22.6 Å². The number of hydrogen-bond acceptors (Lipinski definition) is 4. The molecule has 0 heterocycles. The van der Waals surface area contributed by atoms with Gasteiger partial charge in [-0.1, -0.05) is 41.4 Å². The molecule has 0 spiro atoms. The summed E-state index contributed by atoms with van der Waals surface area (Å²) in [5.41, 5.74) is 3.92. The van der Waals surface area contributed by atoms with Crippen LogP contribution in [0.4, 0.5) is 5.69 Å². The average Bonchev–Trinajstić information content (AvgIpc) is 2.73. The third-order valence-corrected chi connectivity index (χ3v) is 4.55. The number of aliphatic imine (C=N–C) groups is 1. The van der Waals surface area contributed by atoms with Crippen molar-refractivity contribution in [2.45, 2.75) is 20.5 Å². The molecule has 0 saturated carbocycles. The van der Waals surface area contributed by atoms with Crippen molar-refractivity contribution in [2.24, 2.45) is 4.99 Å². The molecule has 0 aliphatic rings. The van der Waals surface area contributed by atoms with Crippen molar-refractivity contribution in [3.63, 3.8) is 0 Å². The Bertz CT molecular complexity index is 967. The highest BCUT2D eigenvalue weighted by Crippen LogP contribution is 2.36. The fraction of sp³-hybridized carbons (Fsp3) is 0.208. The lowest BCUT2D eigenvalue weighted by atomic mass is 10.1. The molecule has 0 aliphatic carbocycles. The number of halogens is 1. The van der Waals surface area contributed by atoms with Crippen molar-refractivity contribution < 1.29 is 14.2 Å². The molecule has 3 aromatic rings. The lowest BCUT2D eigenvalue weighted by Crippen LogP contribution is -1.99. The van der Waals surface area contributed by atoms with Gasteiger partial charge in [-0.05, 0) is 61.4 Å². The number of aryl methyl sites for hydroxylation is 1. The second-order valence-corrected chi connectivity index (χ2v) is 6.90. The number of ether oxygens (including phenoxy) is 3. The molecule has 150 valence electrons. The quantitative estimate of drug-likeness (QED) is 0.405. The Balaban J connectivity index is 1.74. The second kappa shape index (κ2) is 9.99. The molecule has 5 heteroatoms. The van der Waals surface area contributed by atoms with Crippen molar-refractivity contribution >= 4 is 23.5 Å². The lowest BCUT2D eigenvalue weighted by Gasteiger charge is -2.13. The average molecular weight is 410 g/mol. The summed E-state index contributed by atoms with van der Waals surface area (Å²) in [6, 6.07) is 19.4. The number of rotatable bonds is 8. The summed E-state index contributed by atoms with van der Waals surface area (Å²) >= 11 is 6.46. The predicted molar refractivity (Wildman–Crippen MR) is 118 cm³/mol. The van der Waals surface area contributed by atoms with Crippen LogP contribution in [0.25, 0.3) is 0 Å². The zero-order valence-electron chi connectivity index (χ0n) is 16.8. The minimum atomic E-state index is 0.413. The third-order valence-electron chi connectivity index (χ3n) is 4.27. The van der Waals surface area contributed by atoms with Gasteiger partial charge in [-0.2, -0.15) is 0 Å². The van der Waals surface area contributed by atoms with E-state index in [-0.39, 0.29) is 0 Å². The summed E-state index contributed by atoms with van der Waals surface area (Å²) in [6.45, 7) is 5.06. The monoisotopic (exact) mass is 409 g/mol. The van der Waals surface area contributed by atoms with Crippen LogP contribution in [-0.4, -0.2) is 19.9 Å². The molecule has 0 N–H and O–H groups in total. The van der Waals surface area contributed by atoms with Gasteiger partial charge in [0, 0.05) is 6.21 Å². The molecule has 0 fully saturated rings. The van der Waals surface area contributed by atoms with E-state index in [1.165, 1.54) is 5.56 Å². The van der Waals surface area contributed by atoms with Gasteiger partial charge in [0.2, 0.25) is 0 Å². The van der Waals surface area contributed by atoms with E-state index >= 15 is 0 Å². The van der Waals surface area contributed by atoms with Crippen molar-refractivity contribution in [3.05, 3.63) is 82.4 Å². The first-order valence-corrected chi connectivity index (χ1v) is 9.79. The predicted octanol–water partition coefficient (Wildman–Crippen LogP) is 6.39. The highest BCUT2D eigenvalue weighted by Gasteiger charge is 2.12. The van der Waals surface area contributed by atoms with Crippen molar-refractivity contribution in [3.8, 4) is 17.2 Å². The van der Waals surface area contributed by atoms with E-state index in [2.05, 4.69) is 24.0 Å². The fourth-order valence-corrected chi connectivity index (χ4v) is 3.01. The largest absolute Gasteiger partial charge is 0.494 e. The van der Waals surface area contributed by atoms with E-state index in [1.807, 2.05) is 55.5 Å². The van der Waals surface area contributed by atoms with Gasteiger partial charge >= 0.3 is 0 Å². The first kappa shape index (κ1) is 20.7. The molecular formula is C24H24ClNO3. The molecule has 0 amide bonds. The van der Waals surface area contributed by atoms with Crippen molar-refractivity contribution in [1.82, 2.24) is 0 Å². The van der Waals surface area contributed by atoms with Gasteiger partial charge in [0.05, 0.1) is 24.4 Å². The zero-order chi connectivity index (χ0) is 20.6. The topological polar surface area (TPSA) is 40.0 Å². The van der Waals surface area contributed by atoms with Gasteiger partial charge in [0.1, 0.15) is 12.4 Å². The van der Waals surface area contributed by atoms with Gasteiger partial charge in [0.15, 0.2) is 11.5 Å². The Hall–Kier alpha value is -2.98. The second-order valence-electron chi connectivity index (χ2n) is 6.49. The van der Waals surface area contributed by atoms with E-state index < -0.39 is 0 Å². The Morgan fingerprint density at radius 2 is 1.69 bits per heavy atom. The first-order valence-electron chi connectivity index (χ1n) is 9.42. The van der Waals surface area contributed by atoms with Crippen LogP contribution >= 0.6 is 11.6 Å². The summed E-state index contributed by atoms with van der Waals surface area (Å²) in [5, 5.41) is 0.476. The summed E-state index contributed by atoms with van der Waals surface area (Å²) in [7, 11) is 1.60. The Kier molecular flexibility index (Phi) is 7.14. The maximum absolute atomic E-state index is 6.46. The SMILES string of the molecule is CCOc1ccc(N=Cc2cc(Cl)c(OCc3ccc(C)cc3)c(OC)c2)cc1. The van der Waals surface area contributed by atoms with Crippen LogP contribution in [0.3, 0.4) is 0 Å². The summed E-state index contributed by atoms with van der Waals surface area (Å²) in [4.78, 5) is 4.49. The smallest absolute Gasteiger partial charge is 0.180 e. The van der Waals surface area contributed by atoms with Crippen molar-refractivity contribution in [1.29, 1.82) is 0 Å². The van der Waals surface area contributed by atoms with E-state index in [1.54, 1.807) is 13.3 Å². The highest BCUT2D eigenvalue weighted by atomic mass is 35.5. The molecule has 4 nitrogen and oxygen atoms in total. The minimum Gasteiger partial charge on any atom is -0.494 e. The standard InChI is InChI=1S/C24H24ClNO3/c1-4-28-21-11-9-20(10-12-21)26-15-19-13-22(25)24(23(14-19)27-3)29-16-18-7-5-17(2)6-8-18/h5-15H,4,16H2,1-3H3. The van der Waals surface area contributed by atoms with Gasteiger partial charge in [-0.15, -0.1) is 0 Å². The van der Waals surface area contributed by atoms with Crippen LogP contribution in [0, 0.1) is 6.92 Å². The molecule has 0 atom stereocenters. The van der Waals surface area contributed by atoms with Crippen LogP contribution in [0.5, 0.6) is 17.2 Å². The summed E-state index contributed by atoms with van der Waals surface area (Å²) < 4.78 is 16.8. The molecule has 0 unspecified atom stereocenters. The Morgan fingerprint density at radius 1 is 0.966 bits per heavy atom. The molecule has 0 bridgehead atoms. The molecule has 0 aliphatic heterocycles. The zero-order valence-corrected chi connectivity index (χ0v) is 17.6. The number of methoxy groups -OCH3 is 1. The Morgan fingerprint density at radius 3 is 2.34 bits per heavy atom. The summed E-state index contributed by atoms with van der Waals surface area (Å²) in [6.07, 6.45) is 1.74. The van der Waals surface area contributed by atoms with Crippen LogP contribution in [0.1, 0.15) is 23.6 Å². The van der Waals surface area contributed by atoms with E-state index in [4.69, 9.17) is 25.8 Å². The van der Waals surface area contributed by atoms with E-state index in [9.17, 15) is 0 Å². The number of benzene rings is 3. The number of hydrogen-bond donors (Lipinski definition) is 0. The maximum atomic E-state index is 6.46. The lowest BCUT2D eigenvalue weighted by molar-refractivity contribution is 0.284. The molecule has 0 saturated heterocycles. The van der Waals surface area contributed by atoms with Gasteiger partial charge in [-0.3, -0.25) is 4.99 Å². The fourth-order valence-electron chi connectivity index (χ4n) is 2.74. The highest BCUT2D eigenvalue weighted by molar-refractivity contribution is 6.32. The van der Waals surface area contributed by atoms with Gasteiger partial charge in [0.25, 0.3) is 0 Å². The van der Waals surface area contributed by atoms with Gasteiger partial charge < -0.3 is 14.2 Å². The first-order chi connectivity index (χ1) is 14.1. The molecule has 3 rings (SSSR count). The van der Waals surface area contributed by atoms with Crippen molar-refractivity contribution in [2.75, 3.05) is 13.7 Å². The van der Waals surface area contributed by atoms with Crippen LogP contribution in [0.15, 0.2) is 65.7 Å². The molecular weight excluding hydrogens is 386 g/mol. The van der Waals surface area contributed by atoms with Crippen LogP contribution in [-0.2, 0) is 6.61 Å². The van der Waals surface area contributed by atoms with E-state index in [0.29, 0.717) is 29.7 Å².